The second kappa shape index (κ2) is 7.58. The third kappa shape index (κ3) is 5.64. The molecule has 2 rings (SSSR count). The molecular formula is C17H27N3O2. The maximum absolute atomic E-state index is 11.7. The summed E-state index contributed by atoms with van der Waals surface area (Å²) < 4.78 is 5.29. The van der Waals surface area contributed by atoms with Crippen LogP contribution in [0.3, 0.4) is 0 Å². The zero-order valence-electron chi connectivity index (χ0n) is 13.8. The van der Waals surface area contributed by atoms with Crippen molar-refractivity contribution in [2.75, 3.05) is 19.6 Å². The summed E-state index contributed by atoms with van der Waals surface area (Å²) in [6.07, 6.45) is 6.68. The molecule has 1 atom stereocenters. The van der Waals surface area contributed by atoms with E-state index in [-0.39, 0.29) is 6.09 Å². The van der Waals surface area contributed by atoms with Gasteiger partial charge in [-0.3, -0.25) is 9.88 Å². The van der Waals surface area contributed by atoms with Gasteiger partial charge in [-0.05, 0) is 64.3 Å². The molecule has 0 radical (unpaired) electrons. The number of aromatic nitrogens is 1. The van der Waals surface area contributed by atoms with Crippen molar-refractivity contribution in [3.8, 4) is 0 Å². The van der Waals surface area contributed by atoms with E-state index in [1.165, 1.54) is 12.0 Å². The molecule has 2 heterocycles. The predicted molar refractivity (Wildman–Crippen MR) is 86.8 cm³/mol. The van der Waals surface area contributed by atoms with E-state index in [9.17, 15) is 4.79 Å². The van der Waals surface area contributed by atoms with Gasteiger partial charge in [0, 0.05) is 31.5 Å². The number of likely N-dealkylation sites (tertiary alicyclic amines) is 1. The Morgan fingerprint density at radius 1 is 1.41 bits per heavy atom. The number of rotatable bonds is 5. The van der Waals surface area contributed by atoms with Gasteiger partial charge in [0.2, 0.25) is 0 Å². The van der Waals surface area contributed by atoms with Crippen molar-refractivity contribution in [1.29, 1.82) is 0 Å². The summed E-state index contributed by atoms with van der Waals surface area (Å²) in [6, 6.07) is 4.53. The molecule has 1 aromatic rings. The highest BCUT2D eigenvalue weighted by atomic mass is 16.6. The number of pyridine rings is 1. The molecule has 1 amide bonds. The Morgan fingerprint density at radius 3 is 2.82 bits per heavy atom. The summed E-state index contributed by atoms with van der Waals surface area (Å²) in [5.74, 6) is 0. The van der Waals surface area contributed by atoms with Crippen LogP contribution >= 0.6 is 0 Å². The van der Waals surface area contributed by atoms with Crippen LogP contribution in [0.15, 0.2) is 24.5 Å². The van der Waals surface area contributed by atoms with Crippen molar-refractivity contribution in [3.63, 3.8) is 0 Å². The zero-order valence-corrected chi connectivity index (χ0v) is 13.8. The van der Waals surface area contributed by atoms with Crippen LogP contribution < -0.4 is 5.32 Å². The molecule has 1 aliphatic rings. The Bertz CT molecular complexity index is 471. The summed E-state index contributed by atoms with van der Waals surface area (Å²) in [4.78, 5) is 18.2. The lowest BCUT2D eigenvalue weighted by Gasteiger charge is -2.26. The number of hydrogen-bond acceptors (Lipinski definition) is 4. The minimum Gasteiger partial charge on any atom is -0.444 e. The van der Waals surface area contributed by atoms with E-state index in [4.69, 9.17) is 4.74 Å². The maximum Gasteiger partial charge on any atom is 0.407 e. The minimum atomic E-state index is -0.444. The van der Waals surface area contributed by atoms with Gasteiger partial charge < -0.3 is 10.1 Å². The largest absolute Gasteiger partial charge is 0.444 e. The highest BCUT2D eigenvalue weighted by Crippen LogP contribution is 2.17. The number of alkyl carbamates (subject to hydrolysis) is 1. The van der Waals surface area contributed by atoms with Crippen LogP contribution in [0.5, 0.6) is 0 Å². The Labute approximate surface area is 133 Å². The van der Waals surface area contributed by atoms with Crippen molar-refractivity contribution in [2.24, 2.45) is 0 Å². The van der Waals surface area contributed by atoms with Crippen LogP contribution in [-0.2, 0) is 11.2 Å². The maximum atomic E-state index is 11.7. The molecule has 5 heteroatoms. The third-order valence-electron chi connectivity index (χ3n) is 3.82. The van der Waals surface area contributed by atoms with E-state index < -0.39 is 5.60 Å². The van der Waals surface area contributed by atoms with Gasteiger partial charge >= 0.3 is 6.09 Å². The lowest BCUT2D eigenvalue weighted by atomic mass is 10.1. The average Bonchev–Trinajstić information content (AvgIpc) is 2.90. The molecule has 0 saturated carbocycles. The molecule has 0 spiro atoms. The molecular weight excluding hydrogens is 278 g/mol. The molecule has 1 saturated heterocycles. The van der Waals surface area contributed by atoms with Crippen LogP contribution in [0.4, 0.5) is 4.79 Å². The summed E-state index contributed by atoms with van der Waals surface area (Å²) in [5, 5.41) is 2.90. The van der Waals surface area contributed by atoms with Crippen molar-refractivity contribution < 1.29 is 9.53 Å². The number of amides is 1. The van der Waals surface area contributed by atoms with Crippen LogP contribution in [0.25, 0.3) is 0 Å². The molecule has 5 nitrogen and oxygen atoms in total. The van der Waals surface area contributed by atoms with Crippen LogP contribution in [0, 0.1) is 0 Å². The van der Waals surface area contributed by atoms with Crippen molar-refractivity contribution in [1.82, 2.24) is 15.2 Å². The molecule has 122 valence electrons. The van der Waals surface area contributed by atoms with E-state index in [1.807, 2.05) is 33.2 Å². The fourth-order valence-electron chi connectivity index (χ4n) is 2.76. The van der Waals surface area contributed by atoms with Crippen molar-refractivity contribution >= 4 is 6.09 Å². The molecule has 1 aliphatic heterocycles. The first-order valence-electron chi connectivity index (χ1n) is 8.04. The Kier molecular flexibility index (Phi) is 5.77. The second-order valence-corrected chi connectivity index (χ2v) is 6.82. The molecule has 0 aromatic carbocycles. The SMILES string of the molecule is CC(C)(C)OC(=O)NC[C@H]1CCCN1CCc1ccncc1. The smallest absolute Gasteiger partial charge is 0.407 e. The Balaban J connectivity index is 1.75. The lowest BCUT2D eigenvalue weighted by molar-refractivity contribution is 0.0513. The number of ether oxygens (including phenoxy) is 1. The highest BCUT2D eigenvalue weighted by molar-refractivity contribution is 5.67. The van der Waals surface area contributed by atoms with E-state index in [1.54, 1.807) is 0 Å². The summed E-state index contributed by atoms with van der Waals surface area (Å²) in [5.41, 5.74) is 0.863. The molecule has 22 heavy (non-hydrogen) atoms. The number of nitrogens with zero attached hydrogens (tertiary/aromatic N) is 2. The Morgan fingerprint density at radius 2 is 2.14 bits per heavy atom. The first kappa shape index (κ1) is 16.7. The Hall–Kier alpha value is -1.62. The molecule has 0 bridgehead atoms. The first-order valence-corrected chi connectivity index (χ1v) is 8.04. The summed E-state index contributed by atoms with van der Waals surface area (Å²) >= 11 is 0. The van der Waals surface area contributed by atoms with Gasteiger partial charge in [0.05, 0.1) is 0 Å². The van der Waals surface area contributed by atoms with Gasteiger partial charge in [0.25, 0.3) is 0 Å². The lowest BCUT2D eigenvalue weighted by Crippen LogP contribution is -2.42. The van der Waals surface area contributed by atoms with E-state index in [0.29, 0.717) is 12.6 Å². The summed E-state index contributed by atoms with van der Waals surface area (Å²) in [7, 11) is 0. The molecule has 0 aliphatic carbocycles. The predicted octanol–water partition coefficient (Wildman–Crippen LogP) is 2.61. The number of nitrogens with one attached hydrogen (secondary N) is 1. The van der Waals surface area contributed by atoms with Crippen LogP contribution in [0.1, 0.15) is 39.2 Å². The highest BCUT2D eigenvalue weighted by Gasteiger charge is 2.25. The van der Waals surface area contributed by atoms with Gasteiger partial charge in [0.15, 0.2) is 0 Å². The molecule has 0 unspecified atom stereocenters. The average molecular weight is 305 g/mol. The number of carbonyl (C=O) groups excluding carboxylic acids is 1. The van der Waals surface area contributed by atoms with Gasteiger partial charge in [0.1, 0.15) is 5.60 Å². The van der Waals surface area contributed by atoms with Crippen molar-refractivity contribution in [2.45, 2.75) is 51.7 Å². The normalized spacial score (nSPS) is 19.1. The van der Waals surface area contributed by atoms with Gasteiger partial charge in [-0.25, -0.2) is 4.79 Å². The van der Waals surface area contributed by atoms with E-state index >= 15 is 0 Å². The first-order chi connectivity index (χ1) is 10.4. The fraction of sp³-hybridized carbons (Fsp3) is 0.647. The van der Waals surface area contributed by atoms with Crippen molar-refractivity contribution in [3.05, 3.63) is 30.1 Å². The number of hydrogen-bond donors (Lipinski definition) is 1. The van der Waals surface area contributed by atoms with Gasteiger partial charge in [-0.1, -0.05) is 0 Å². The van der Waals surface area contributed by atoms with E-state index in [2.05, 4.69) is 27.3 Å². The number of carbonyl (C=O) groups is 1. The zero-order chi connectivity index (χ0) is 16.0. The molecule has 1 fully saturated rings. The monoisotopic (exact) mass is 305 g/mol. The quantitative estimate of drug-likeness (QED) is 0.908. The standard InChI is InChI=1S/C17H27N3O2/c1-17(2,3)22-16(21)19-13-15-5-4-11-20(15)12-8-14-6-9-18-10-7-14/h6-7,9-10,15H,4-5,8,11-13H2,1-3H3,(H,19,21)/t15-/m1/s1. The molecule has 1 N–H and O–H groups in total. The van der Waals surface area contributed by atoms with E-state index in [0.717, 1.165) is 25.9 Å². The van der Waals surface area contributed by atoms with Gasteiger partial charge in [-0.2, -0.15) is 0 Å². The molecule has 1 aromatic heterocycles. The second-order valence-electron chi connectivity index (χ2n) is 6.82. The van der Waals surface area contributed by atoms with Crippen LogP contribution in [-0.4, -0.2) is 47.3 Å². The topological polar surface area (TPSA) is 54.5 Å². The minimum absolute atomic E-state index is 0.325. The third-order valence-corrected chi connectivity index (χ3v) is 3.82. The van der Waals surface area contributed by atoms with Gasteiger partial charge in [-0.15, -0.1) is 0 Å². The van der Waals surface area contributed by atoms with Crippen LogP contribution in [0.2, 0.25) is 0 Å². The summed E-state index contributed by atoms with van der Waals surface area (Å²) in [6.45, 7) is 8.41. The fourth-order valence-corrected chi connectivity index (χ4v) is 2.76.